The molecule has 1 atom stereocenters. The van der Waals surface area contributed by atoms with Gasteiger partial charge in [0.25, 0.3) is 0 Å². The van der Waals surface area contributed by atoms with E-state index in [2.05, 4.69) is 15.3 Å². The lowest BCUT2D eigenvalue weighted by Crippen LogP contribution is -2.42. The molecule has 116 valence electrons. The summed E-state index contributed by atoms with van der Waals surface area (Å²) in [5, 5.41) is 2.28. The molecule has 0 spiro atoms. The van der Waals surface area contributed by atoms with Gasteiger partial charge in [-0.25, -0.2) is 9.97 Å². The minimum Gasteiger partial charge on any atom is -0.359 e. The van der Waals surface area contributed by atoms with E-state index in [1.165, 1.54) is 13.1 Å². The number of hydrogen-bond donors (Lipinski definition) is 1. The van der Waals surface area contributed by atoms with Gasteiger partial charge < -0.3 is 10.2 Å². The zero-order valence-corrected chi connectivity index (χ0v) is 12.0. The fourth-order valence-corrected chi connectivity index (χ4v) is 2.48. The monoisotopic (exact) mass is 322 g/mol. The first-order valence-electron chi connectivity index (χ1n) is 6.39. The fourth-order valence-electron chi connectivity index (χ4n) is 2.30. The third-order valence-corrected chi connectivity index (χ3v) is 3.49. The zero-order chi connectivity index (χ0) is 15.6. The van der Waals surface area contributed by atoms with Crippen molar-refractivity contribution in [1.82, 2.24) is 15.3 Å². The van der Waals surface area contributed by atoms with E-state index < -0.39 is 12.0 Å². The van der Waals surface area contributed by atoms with Gasteiger partial charge in [-0.1, -0.05) is 11.6 Å². The molecule has 2 heterocycles. The van der Waals surface area contributed by atoms with Crippen molar-refractivity contribution >= 4 is 23.3 Å². The maximum atomic E-state index is 12.7. The van der Waals surface area contributed by atoms with Crippen molar-refractivity contribution in [1.29, 1.82) is 0 Å². The number of rotatable bonds is 2. The molecule has 1 aliphatic rings. The summed E-state index contributed by atoms with van der Waals surface area (Å²) in [4.78, 5) is 20.0. The topological polar surface area (TPSA) is 58.1 Å². The SMILES string of the molecule is CNC(=O)C1CCCN(c2cc(Cl)nc(C(F)(F)F)n2)C1. The summed E-state index contributed by atoms with van der Waals surface area (Å²) in [6, 6.07) is 1.28. The first-order chi connectivity index (χ1) is 9.81. The van der Waals surface area contributed by atoms with Crippen molar-refractivity contribution in [3.8, 4) is 0 Å². The van der Waals surface area contributed by atoms with E-state index in [4.69, 9.17) is 11.6 Å². The Morgan fingerprint density at radius 1 is 1.48 bits per heavy atom. The number of nitrogens with one attached hydrogen (secondary N) is 1. The second-order valence-electron chi connectivity index (χ2n) is 4.77. The number of amides is 1. The highest BCUT2D eigenvalue weighted by Crippen LogP contribution is 2.30. The molecule has 9 heteroatoms. The van der Waals surface area contributed by atoms with Crippen LogP contribution in [0.1, 0.15) is 18.7 Å². The minimum atomic E-state index is -4.66. The normalized spacial score (nSPS) is 19.5. The Morgan fingerprint density at radius 2 is 2.19 bits per heavy atom. The van der Waals surface area contributed by atoms with E-state index in [1.54, 1.807) is 4.90 Å². The highest BCUT2D eigenvalue weighted by Gasteiger charge is 2.36. The molecule has 1 saturated heterocycles. The molecule has 5 nitrogen and oxygen atoms in total. The Hall–Kier alpha value is -1.57. The summed E-state index contributed by atoms with van der Waals surface area (Å²) >= 11 is 5.64. The first kappa shape index (κ1) is 15.8. The van der Waals surface area contributed by atoms with Crippen molar-refractivity contribution in [2.24, 2.45) is 5.92 Å². The van der Waals surface area contributed by atoms with E-state index in [-0.39, 0.29) is 22.8 Å². The van der Waals surface area contributed by atoms with Crippen molar-refractivity contribution in [2.45, 2.75) is 19.0 Å². The summed E-state index contributed by atoms with van der Waals surface area (Å²) < 4.78 is 38.1. The van der Waals surface area contributed by atoms with Crippen LogP contribution in [0, 0.1) is 5.92 Å². The Balaban J connectivity index is 2.25. The van der Waals surface area contributed by atoms with E-state index in [0.717, 1.165) is 0 Å². The Labute approximate surface area is 124 Å². The number of anilines is 1. The molecule has 2 rings (SSSR count). The molecule has 1 aromatic heterocycles. The molecule has 21 heavy (non-hydrogen) atoms. The van der Waals surface area contributed by atoms with E-state index in [0.29, 0.717) is 25.9 Å². The van der Waals surface area contributed by atoms with Crippen molar-refractivity contribution in [3.63, 3.8) is 0 Å². The van der Waals surface area contributed by atoms with Gasteiger partial charge in [-0.2, -0.15) is 13.2 Å². The van der Waals surface area contributed by atoms with Crippen LogP contribution in [-0.2, 0) is 11.0 Å². The number of carbonyl (C=O) groups is 1. The van der Waals surface area contributed by atoms with Crippen molar-refractivity contribution < 1.29 is 18.0 Å². The van der Waals surface area contributed by atoms with Crippen LogP contribution >= 0.6 is 11.6 Å². The fraction of sp³-hybridized carbons (Fsp3) is 0.583. The lowest BCUT2D eigenvalue weighted by Gasteiger charge is -2.32. The van der Waals surface area contributed by atoms with Crippen molar-refractivity contribution in [3.05, 3.63) is 17.0 Å². The summed E-state index contributed by atoms with van der Waals surface area (Å²) in [6.07, 6.45) is -3.27. The molecule has 1 unspecified atom stereocenters. The maximum Gasteiger partial charge on any atom is 0.451 e. The van der Waals surface area contributed by atoms with Crippen LogP contribution in [0.2, 0.25) is 5.15 Å². The predicted octanol–water partition coefficient (Wildman–Crippen LogP) is 2.11. The smallest absolute Gasteiger partial charge is 0.359 e. The molecule has 1 aromatic rings. The van der Waals surface area contributed by atoms with Crippen LogP contribution in [0.15, 0.2) is 6.07 Å². The minimum absolute atomic E-state index is 0.0935. The van der Waals surface area contributed by atoms with Crippen molar-refractivity contribution in [2.75, 3.05) is 25.0 Å². The molecule has 1 N–H and O–H groups in total. The molecule has 0 radical (unpaired) electrons. The highest BCUT2D eigenvalue weighted by molar-refractivity contribution is 6.29. The van der Waals surface area contributed by atoms with Crippen LogP contribution < -0.4 is 10.2 Å². The number of hydrogen-bond acceptors (Lipinski definition) is 4. The van der Waals surface area contributed by atoms with E-state index in [9.17, 15) is 18.0 Å². The number of nitrogens with zero attached hydrogens (tertiary/aromatic N) is 3. The molecule has 0 aliphatic carbocycles. The molecular weight excluding hydrogens is 309 g/mol. The van der Waals surface area contributed by atoms with Gasteiger partial charge in [0.2, 0.25) is 11.7 Å². The average molecular weight is 323 g/mol. The first-order valence-corrected chi connectivity index (χ1v) is 6.77. The number of aromatic nitrogens is 2. The van der Waals surface area contributed by atoms with Crippen LogP contribution in [0.4, 0.5) is 19.0 Å². The Morgan fingerprint density at radius 3 is 2.81 bits per heavy atom. The van der Waals surface area contributed by atoms with Gasteiger partial charge in [-0.3, -0.25) is 4.79 Å². The molecule has 1 fully saturated rings. The molecule has 1 amide bonds. The predicted molar refractivity (Wildman–Crippen MR) is 71.0 cm³/mol. The van der Waals surface area contributed by atoms with Gasteiger partial charge in [-0.15, -0.1) is 0 Å². The molecule has 0 saturated carbocycles. The molecule has 0 aromatic carbocycles. The summed E-state index contributed by atoms with van der Waals surface area (Å²) in [5.74, 6) is -1.58. The lowest BCUT2D eigenvalue weighted by atomic mass is 9.97. The van der Waals surface area contributed by atoms with Gasteiger partial charge in [0.05, 0.1) is 5.92 Å². The van der Waals surface area contributed by atoms with Gasteiger partial charge >= 0.3 is 6.18 Å². The van der Waals surface area contributed by atoms with Crippen LogP contribution in [-0.4, -0.2) is 36.0 Å². The number of alkyl halides is 3. The van der Waals surface area contributed by atoms with Gasteiger partial charge in [-0.05, 0) is 12.8 Å². The standard InChI is InChI=1S/C12H14ClF3N4O/c1-17-10(21)7-3-2-4-20(6-7)9-5-8(13)18-11(19-9)12(14,15)16/h5,7H,2-4,6H2,1H3,(H,17,21). The lowest BCUT2D eigenvalue weighted by molar-refractivity contribution is -0.144. The van der Waals surface area contributed by atoms with E-state index in [1.807, 2.05) is 0 Å². The Bertz CT molecular complexity index is 538. The summed E-state index contributed by atoms with van der Waals surface area (Å²) in [7, 11) is 1.53. The van der Waals surface area contributed by atoms with Crippen LogP contribution in [0.3, 0.4) is 0 Å². The third kappa shape index (κ3) is 3.75. The number of halogens is 4. The second-order valence-corrected chi connectivity index (χ2v) is 5.16. The maximum absolute atomic E-state index is 12.7. The number of carbonyl (C=O) groups excluding carboxylic acids is 1. The quantitative estimate of drug-likeness (QED) is 0.847. The van der Waals surface area contributed by atoms with Gasteiger partial charge in [0.1, 0.15) is 11.0 Å². The van der Waals surface area contributed by atoms with Gasteiger partial charge in [0, 0.05) is 26.2 Å². The molecule has 0 bridgehead atoms. The third-order valence-electron chi connectivity index (χ3n) is 3.30. The average Bonchev–Trinajstić information content (AvgIpc) is 2.45. The number of piperidine rings is 1. The Kier molecular flexibility index (Phi) is 4.55. The zero-order valence-electron chi connectivity index (χ0n) is 11.2. The van der Waals surface area contributed by atoms with Gasteiger partial charge in [0.15, 0.2) is 0 Å². The van der Waals surface area contributed by atoms with Crippen LogP contribution in [0.25, 0.3) is 0 Å². The summed E-state index contributed by atoms with van der Waals surface area (Å²) in [6.45, 7) is 0.836. The van der Waals surface area contributed by atoms with E-state index >= 15 is 0 Å². The second kappa shape index (κ2) is 6.05. The van der Waals surface area contributed by atoms with Crippen LogP contribution in [0.5, 0.6) is 0 Å². The highest BCUT2D eigenvalue weighted by atomic mass is 35.5. The molecule has 1 aliphatic heterocycles. The summed E-state index contributed by atoms with van der Waals surface area (Å²) in [5.41, 5.74) is 0. The molecular formula is C12H14ClF3N4O. The largest absolute Gasteiger partial charge is 0.451 e.